The molecule has 3 nitrogen and oxygen atoms in total. The molecular weight excluding hydrogens is 265 g/mol. The van der Waals surface area contributed by atoms with E-state index in [1.54, 1.807) is 0 Å². The van der Waals surface area contributed by atoms with Crippen molar-refractivity contribution in [2.45, 2.75) is 49.7 Å². The lowest BCUT2D eigenvalue weighted by Crippen LogP contribution is -2.25. The summed E-state index contributed by atoms with van der Waals surface area (Å²) < 4.78 is 37.9. The molecule has 0 spiro atoms. The summed E-state index contributed by atoms with van der Waals surface area (Å²) in [6.07, 6.45) is 4.59. The van der Waals surface area contributed by atoms with Gasteiger partial charge in [0.05, 0.1) is 11.0 Å². The molecular formula is C14H20FNO2S. The Morgan fingerprint density at radius 2 is 1.84 bits per heavy atom. The Hall–Kier alpha value is -0.940. The number of halogens is 1. The summed E-state index contributed by atoms with van der Waals surface area (Å²) in [6, 6.07) is 4.16. The smallest absolute Gasteiger partial charge is 0.157 e. The van der Waals surface area contributed by atoms with Crippen LogP contribution in [0.5, 0.6) is 0 Å². The second-order valence-electron chi connectivity index (χ2n) is 5.18. The zero-order valence-electron chi connectivity index (χ0n) is 10.9. The molecule has 2 N–H and O–H groups in total. The Labute approximate surface area is 113 Å². The predicted octanol–water partition coefficient (Wildman–Crippen LogP) is 2.53. The summed E-state index contributed by atoms with van der Waals surface area (Å²) >= 11 is 0. The van der Waals surface area contributed by atoms with Crippen LogP contribution in [-0.4, -0.2) is 13.7 Å². The molecule has 0 aliphatic heterocycles. The summed E-state index contributed by atoms with van der Waals surface area (Å²) in [4.78, 5) is 0. The van der Waals surface area contributed by atoms with E-state index in [2.05, 4.69) is 0 Å². The van der Waals surface area contributed by atoms with E-state index in [-0.39, 0.29) is 23.4 Å². The lowest BCUT2D eigenvalue weighted by molar-refractivity contribution is 0.483. The van der Waals surface area contributed by atoms with Gasteiger partial charge in [-0.3, -0.25) is 0 Å². The van der Waals surface area contributed by atoms with Gasteiger partial charge in [0.1, 0.15) is 5.82 Å². The van der Waals surface area contributed by atoms with E-state index in [4.69, 9.17) is 5.73 Å². The zero-order chi connectivity index (χ0) is 13.9. The summed E-state index contributed by atoms with van der Waals surface area (Å²) in [5.74, 6) is -0.399. The van der Waals surface area contributed by atoms with Crippen LogP contribution >= 0.6 is 0 Å². The third kappa shape index (κ3) is 3.54. The number of sulfone groups is 1. The fourth-order valence-corrected chi connectivity index (χ4v) is 4.69. The molecule has 1 fully saturated rings. The van der Waals surface area contributed by atoms with E-state index >= 15 is 0 Å². The van der Waals surface area contributed by atoms with Crippen LogP contribution in [0, 0.1) is 5.82 Å². The van der Waals surface area contributed by atoms with Crippen LogP contribution in [0.4, 0.5) is 4.39 Å². The zero-order valence-corrected chi connectivity index (χ0v) is 11.8. The summed E-state index contributed by atoms with van der Waals surface area (Å²) in [7, 11) is -3.16. The fraction of sp³-hybridized carbons (Fsp3) is 0.571. The Balaban J connectivity index is 2.19. The summed E-state index contributed by atoms with van der Waals surface area (Å²) in [6.45, 7) is 0.160. The van der Waals surface area contributed by atoms with Gasteiger partial charge >= 0.3 is 0 Å². The van der Waals surface area contributed by atoms with Crippen LogP contribution in [0.15, 0.2) is 18.2 Å². The molecule has 0 unspecified atom stereocenters. The lowest BCUT2D eigenvalue weighted by atomic mass is 10.0. The third-order valence-corrected chi connectivity index (χ3v) is 6.01. The van der Waals surface area contributed by atoms with Crippen LogP contribution in [0.2, 0.25) is 0 Å². The van der Waals surface area contributed by atoms with Gasteiger partial charge in [0.25, 0.3) is 0 Å². The molecule has 0 radical (unpaired) electrons. The van der Waals surface area contributed by atoms with Gasteiger partial charge in [-0.2, -0.15) is 0 Å². The molecule has 0 saturated heterocycles. The van der Waals surface area contributed by atoms with Crippen LogP contribution in [0.3, 0.4) is 0 Å². The van der Waals surface area contributed by atoms with Crippen LogP contribution in [0.25, 0.3) is 0 Å². The van der Waals surface area contributed by atoms with Crippen LogP contribution in [0.1, 0.15) is 43.2 Å². The molecule has 0 heterocycles. The van der Waals surface area contributed by atoms with Gasteiger partial charge in [-0.05, 0) is 36.1 Å². The van der Waals surface area contributed by atoms with E-state index in [9.17, 15) is 12.8 Å². The highest BCUT2D eigenvalue weighted by Gasteiger charge is 2.27. The van der Waals surface area contributed by atoms with Gasteiger partial charge in [-0.1, -0.05) is 25.3 Å². The molecule has 1 aromatic rings. The average Bonchev–Trinajstić information content (AvgIpc) is 2.41. The largest absolute Gasteiger partial charge is 0.326 e. The van der Waals surface area contributed by atoms with Crippen molar-refractivity contribution in [3.8, 4) is 0 Å². The second-order valence-corrected chi connectivity index (χ2v) is 7.47. The molecule has 2 rings (SSSR count). The highest BCUT2D eigenvalue weighted by molar-refractivity contribution is 7.91. The Bertz CT molecular complexity index is 536. The van der Waals surface area contributed by atoms with Crippen molar-refractivity contribution < 1.29 is 12.8 Å². The monoisotopic (exact) mass is 285 g/mol. The first-order valence-electron chi connectivity index (χ1n) is 6.72. The first-order chi connectivity index (χ1) is 9.03. The maximum absolute atomic E-state index is 13.1. The summed E-state index contributed by atoms with van der Waals surface area (Å²) in [5, 5.41) is -0.239. The number of rotatable bonds is 4. The molecule has 106 valence electrons. The minimum absolute atomic E-state index is 0.0233. The highest BCUT2D eigenvalue weighted by atomic mass is 32.2. The second kappa shape index (κ2) is 6.01. The van der Waals surface area contributed by atoms with Gasteiger partial charge in [0.15, 0.2) is 9.84 Å². The van der Waals surface area contributed by atoms with Gasteiger partial charge in [0.2, 0.25) is 0 Å². The number of hydrogen-bond donors (Lipinski definition) is 1. The van der Waals surface area contributed by atoms with Gasteiger partial charge in [-0.15, -0.1) is 0 Å². The number of nitrogens with two attached hydrogens (primary N) is 1. The number of hydrogen-bond acceptors (Lipinski definition) is 3. The minimum atomic E-state index is -3.16. The standard InChI is InChI=1S/C14H20FNO2S/c15-13-7-6-11(12(8-13)9-16)10-19(17,18)14-4-2-1-3-5-14/h6-8,14H,1-5,9-10,16H2. The van der Waals surface area contributed by atoms with E-state index in [0.717, 1.165) is 32.1 Å². The highest BCUT2D eigenvalue weighted by Crippen LogP contribution is 2.27. The van der Waals surface area contributed by atoms with Gasteiger partial charge < -0.3 is 5.73 Å². The minimum Gasteiger partial charge on any atom is -0.326 e. The first-order valence-corrected chi connectivity index (χ1v) is 8.43. The third-order valence-electron chi connectivity index (χ3n) is 3.80. The molecule has 1 saturated carbocycles. The van der Waals surface area contributed by atoms with Crippen LogP contribution < -0.4 is 5.73 Å². The quantitative estimate of drug-likeness (QED) is 0.924. The predicted molar refractivity (Wildman–Crippen MR) is 73.8 cm³/mol. The summed E-state index contributed by atoms with van der Waals surface area (Å²) in [5.41, 5.74) is 6.77. The average molecular weight is 285 g/mol. The van der Waals surface area contributed by atoms with Crippen molar-refractivity contribution in [1.29, 1.82) is 0 Å². The van der Waals surface area contributed by atoms with Crippen molar-refractivity contribution in [3.05, 3.63) is 35.1 Å². The van der Waals surface area contributed by atoms with Crippen molar-refractivity contribution in [2.75, 3.05) is 0 Å². The topological polar surface area (TPSA) is 60.2 Å². The molecule has 0 amide bonds. The maximum Gasteiger partial charge on any atom is 0.157 e. The first kappa shape index (κ1) is 14.5. The molecule has 0 bridgehead atoms. The van der Waals surface area contributed by atoms with E-state index in [0.29, 0.717) is 11.1 Å². The van der Waals surface area contributed by atoms with Gasteiger partial charge in [0, 0.05) is 6.54 Å². The Morgan fingerprint density at radius 1 is 1.16 bits per heavy atom. The maximum atomic E-state index is 13.1. The fourth-order valence-electron chi connectivity index (χ4n) is 2.68. The van der Waals surface area contributed by atoms with Gasteiger partial charge in [-0.25, -0.2) is 12.8 Å². The normalized spacial score (nSPS) is 17.6. The van der Waals surface area contributed by atoms with Crippen molar-refractivity contribution >= 4 is 9.84 Å². The van der Waals surface area contributed by atoms with E-state index in [1.165, 1.54) is 18.2 Å². The van der Waals surface area contributed by atoms with Crippen molar-refractivity contribution in [1.82, 2.24) is 0 Å². The lowest BCUT2D eigenvalue weighted by Gasteiger charge is -2.22. The van der Waals surface area contributed by atoms with Crippen LogP contribution in [-0.2, 0) is 22.1 Å². The SMILES string of the molecule is NCc1cc(F)ccc1CS(=O)(=O)C1CCCCC1. The van der Waals surface area contributed by atoms with E-state index < -0.39 is 9.84 Å². The molecule has 1 aliphatic rings. The van der Waals surface area contributed by atoms with Crippen molar-refractivity contribution in [3.63, 3.8) is 0 Å². The number of benzene rings is 1. The molecule has 19 heavy (non-hydrogen) atoms. The van der Waals surface area contributed by atoms with E-state index in [1.807, 2.05) is 0 Å². The molecule has 0 atom stereocenters. The molecule has 1 aliphatic carbocycles. The molecule has 0 aromatic heterocycles. The Kier molecular flexibility index (Phi) is 4.58. The Morgan fingerprint density at radius 3 is 2.47 bits per heavy atom. The van der Waals surface area contributed by atoms with Crippen molar-refractivity contribution in [2.24, 2.45) is 5.73 Å². The molecule has 5 heteroatoms. The molecule has 1 aromatic carbocycles.